The van der Waals surface area contributed by atoms with Gasteiger partial charge in [-0.3, -0.25) is 28.8 Å². The van der Waals surface area contributed by atoms with Crippen LogP contribution in [0, 0.1) is 0 Å². The number of thiazole rings is 5. The standard InChI is InChI=1S/C65H71N15O19S5/c1-26(82)43-57(89)76-44(27(2)94-9)60-71-38(25-102-60)56(88)77-47-49-50(99-41-16-65(4,92)51(78(6)7)28(3)98-41)64(91)96-18-29-11-10-12-39-42(29)31(19-95-49)48(80(39)93)63(90)97-20-33(68-54(86)36-24-104-62(47)73-36)59-69-34(21-101-59)45-30(58-70-37(22-100-58)55(87)75-43)15-40(83)46(74-45)61-72-35(23-103-61)53(85)67-32(52(84)66-5)17-79(8)13-14-81/h10-12,15,21-26,28,32-33,41,43,47,49-51,81-83,92-93H,13-14,16-20H2,1-9H3,(H,66,84)(H,67,85)(H,68,86)(H,75,87)(H,76,89)(H,77,88)/b44-27+. The monoisotopic (exact) mass is 1530 g/mol. The largest absolute Gasteiger partial charge is 0.506 e. The maximum atomic E-state index is 15.2. The summed E-state index contributed by atoms with van der Waals surface area (Å²) in [5, 5.41) is 80.3. The number of rotatable bonds is 13. The third-order valence-corrected chi connectivity index (χ3v) is 22.1. The van der Waals surface area contributed by atoms with Crippen LogP contribution < -0.4 is 31.9 Å². The summed E-state index contributed by atoms with van der Waals surface area (Å²) in [6.45, 7) is 4.25. The fourth-order valence-corrected chi connectivity index (χ4v) is 16.8. The van der Waals surface area contributed by atoms with Crippen molar-refractivity contribution in [2.45, 2.75) is 114 Å². The van der Waals surface area contributed by atoms with Crippen LogP contribution in [-0.2, 0) is 56.0 Å². The van der Waals surface area contributed by atoms with Gasteiger partial charge < -0.3 is 95.8 Å². The lowest BCUT2D eigenvalue weighted by Gasteiger charge is -2.48. The summed E-state index contributed by atoms with van der Waals surface area (Å²) < 4.78 is 38.3. The van der Waals surface area contributed by atoms with Gasteiger partial charge in [0.1, 0.15) is 126 Å². The fourth-order valence-electron chi connectivity index (χ4n) is 12.6. The van der Waals surface area contributed by atoms with Gasteiger partial charge >= 0.3 is 11.9 Å². The van der Waals surface area contributed by atoms with Crippen LogP contribution in [0.15, 0.2) is 56.9 Å². The van der Waals surface area contributed by atoms with Crippen LogP contribution in [0.5, 0.6) is 5.75 Å². The van der Waals surface area contributed by atoms with E-state index in [9.17, 15) is 44.8 Å². The predicted octanol–water partition coefficient (Wildman–Crippen LogP) is 2.93. The van der Waals surface area contributed by atoms with E-state index in [1.165, 1.54) is 67.0 Å². The number of aliphatic hydroxyl groups excluding tert-OH is 2. The lowest BCUT2D eigenvalue weighted by Crippen LogP contribution is -2.62. The molecule has 1 saturated heterocycles. The van der Waals surface area contributed by atoms with Crippen LogP contribution in [0.1, 0.15) is 125 Å². The molecular weight excluding hydrogens is 1460 g/mol. The summed E-state index contributed by atoms with van der Waals surface area (Å²) in [7, 11) is 7.90. The minimum absolute atomic E-state index is 0.00517. The van der Waals surface area contributed by atoms with Gasteiger partial charge in [0.15, 0.2) is 18.1 Å². The third-order valence-electron chi connectivity index (χ3n) is 17.6. The molecule has 11 N–H and O–H groups in total. The van der Waals surface area contributed by atoms with Crippen molar-refractivity contribution in [1.82, 2.24) is 76.3 Å². The number of fused-ring (bicyclic) bond motifs is 15. The molecular formula is C65H71N15O19S5. The van der Waals surface area contributed by atoms with Crippen LogP contribution in [0.4, 0.5) is 0 Å². The molecule has 550 valence electrons. The summed E-state index contributed by atoms with van der Waals surface area (Å²) >= 11 is 4.50. The first-order valence-electron chi connectivity index (χ1n) is 32.2. The second-order valence-corrected chi connectivity index (χ2v) is 29.5. The SMILES string of the molecule is CNC(=O)C(CN(C)CCO)NC(=O)c1csc(-c2nc3c(cc2O)-c2nc(cs2)C(=O)NC(C(C)O)C(=O)N/C(=C(\C)OC)c2nc(cs2)C(=O)NC2c4nc(cs4)C(=O)NC(COC(=O)c4c5c6c(cccc6n4O)COC(=O)C(OC4CC(C)(O)C(N(C)C)C(C)O4)C2OC5)c2nc-3cs2)n1. The molecule has 0 aliphatic carbocycles. The van der Waals surface area contributed by atoms with Crippen LogP contribution in [0.2, 0.25) is 0 Å². The number of benzene rings is 1. The Kier molecular flexibility index (Phi) is 22.0. The zero-order chi connectivity index (χ0) is 74.3. The smallest absolute Gasteiger partial charge is 0.358 e. The number of allylic oxidation sites excluding steroid dienone is 1. The lowest BCUT2D eigenvalue weighted by atomic mass is 9.85. The molecule has 4 aliphatic heterocycles. The molecule has 0 spiro atoms. The Hall–Kier alpha value is -9.36. The molecule has 1 aromatic carbocycles. The third kappa shape index (κ3) is 15.1. The average Bonchev–Trinajstić information content (AvgIpc) is 1.58. The van der Waals surface area contributed by atoms with Gasteiger partial charge in [-0.15, -0.1) is 56.7 Å². The van der Waals surface area contributed by atoms with E-state index in [2.05, 4.69) is 46.9 Å². The zero-order valence-corrected chi connectivity index (χ0v) is 61.0. The molecule has 11 unspecified atom stereocenters. The van der Waals surface area contributed by atoms with E-state index in [0.29, 0.717) is 10.3 Å². The van der Waals surface area contributed by atoms with Crippen molar-refractivity contribution < 1.29 is 92.4 Å². The Balaban J connectivity index is 1.02. The van der Waals surface area contributed by atoms with Crippen molar-refractivity contribution in [3.8, 4) is 38.4 Å². The number of nitrogens with zero attached hydrogens (tertiary/aromatic N) is 9. The number of cyclic esters (lactones) is 2. The second-order valence-electron chi connectivity index (χ2n) is 25.2. The number of methoxy groups -OCH3 is 1. The highest BCUT2D eigenvalue weighted by Gasteiger charge is 2.50. The van der Waals surface area contributed by atoms with E-state index in [-0.39, 0.29) is 124 Å². The molecule has 0 radical (unpaired) electrons. The topological polar surface area (TPSA) is 454 Å². The number of carbonyl (C=O) groups is 8. The molecule has 39 heteroatoms. The molecule has 6 amide bonds. The first-order valence-corrected chi connectivity index (χ1v) is 36.6. The van der Waals surface area contributed by atoms with Crippen LogP contribution >= 0.6 is 56.7 Å². The van der Waals surface area contributed by atoms with E-state index in [1.807, 2.05) is 0 Å². The number of aromatic nitrogens is 7. The number of esters is 2. The molecule has 7 aromatic heterocycles. The summed E-state index contributed by atoms with van der Waals surface area (Å²) in [6.07, 6.45) is -7.58. The Morgan fingerprint density at radius 3 is 2.23 bits per heavy atom. The normalized spacial score (nSPS) is 23.7. The van der Waals surface area contributed by atoms with E-state index in [4.69, 9.17) is 43.4 Å². The van der Waals surface area contributed by atoms with Crippen molar-refractivity contribution in [2.75, 3.05) is 61.6 Å². The number of carbonyl (C=O) groups excluding carboxylic acids is 8. The minimum Gasteiger partial charge on any atom is -0.506 e. The molecule has 0 saturated carbocycles. The molecule has 11 heterocycles. The molecule has 104 heavy (non-hydrogen) atoms. The number of pyridine rings is 1. The van der Waals surface area contributed by atoms with Gasteiger partial charge in [-0.25, -0.2) is 39.5 Å². The Bertz CT molecular complexity index is 4690. The van der Waals surface area contributed by atoms with Gasteiger partial charge in [-0.05, 0) is 66.5 Å². The van der Waals surface area contributed by atoms with E-state index < -0.39 is 145 Å². The zero-order valence-electron chi connectivity index (χ0n) is 56.9. The Morgan fingerprint density at radius 1 is 0.846 bits per heavy atom. The summed E-state index contributed by atoms with van der Waals surface area (Å²) in [6, 6.07) is -0.450. The molecule has 12 rings (SSSR count). The Morgan fingerprint density at radius 2 is 1.52 bits per heavy atom. The highest BCUT2D eigenvalue weighted by molar-refractivity contribution is 7.14. The minimum atomic E-state index is -1.92. The highest BCUT2D eigenvalue weighted by atomic mass is 32.1. The predicted molar refractivity (Wildman–Crippen MR) is 374 cm³/mol. The van der Waals surface area contributed by atoms with E-state index in [0.717, 1.165) is 56.7 Å². The van der Waals surface area contributed by atoms with Crippen molar-refractivity contribution in [1.29, 1.82) is 0 Å². The molecule has 1 fully saturated rings. The number of aliphatic hydroxyl groups is 3. The molecule has 4 aliphatic rings. The molecule has 11 atom stereocenters. The van der Waals surface area contributed by atoms with Gasteiger partial charge in [0.05, 0.1) is 49.7 Å². The van der Waals surface area contributed by atoms with Gasteiger partial charge in [0.2, 0.25) is 11.8 Å². The maximum Gasteiger partial charge on any atom is 0.358 e. The van der Waals surface area contributed by atoms with Crippen LogP contribution in [0.25, 0.3) is 49.3 Å². The quantitative estimate of drug-likeness (QED) is 0.0449. The summed E-state index contributed by atoms with van der Waals surface area (Å²) in [5.74, 6) is -7.70. The number of ether oxygens (including phenoxy) is 6. The number of aromatic hydroxyl groups is 1. The second kappa shape index (κ2) is 30.8. The van der Waals surface area contributed by atoms with Gasteiger partial charge in [0.25, 0.3) is 23.6 Å². The number of amides is 6. The molecule has 8 aromatic rings. The first kappa shape index (κ1) is 74.4. The van der Waals surface area contributed by atoms with Crippen molar-refractivity contribution in [3.05, 3.63) is 112 Å². The molecule has 12 bridgehead atoms. The maximum absolute atomic E-state index is 15.2. The van der Waals surface area contributed by atoms with Gasteiger partial charge in [-0.1, -0.05) is 12.1 Å². The van der Waals surface area contributed by atoms with E-state index in [1.54, 1.807) is 56.9 Å². The fraction of sp³-hybridized carbons (Fsp3) is 0.415. The van der Waals surface area contributed by atoms with Crippen LogP contribution in [0.3, 0.4) is 0 Å². The van der Waals surface area contributed by atoms with Gasteiger partial charge in [0, 0.05) is 70.0 Å². The average molecular weight is 1530 g/mol. The number of hydrogen-bond acceptors (Lipinski definition) is 32. The number of likely N-dealkylation sites (N-methyl/N-ethyl adjacent to an activating group) is 3. The van der Waals surface area contributed by atoms with Gasteiger partial charge in [-0.2, -0.15) is 4.73 Å². The number of nitrogens with one attached hydrogen (secondary N) is 6. The van der Waals surface area contributed by atoms with Crippen molar-refractivity contribution >= 4 is 121 Å². The first-order chi connectivity index (χ1) is 49.6. The van der Waals surface area contributed by atoms with Crippen molar-refractivity contribution in [2.24, 2.45) is 0 Å². The Labute approximate surface area is 611 Å². The number of hydrogen-bond donors (Lipinski definition) is 11. The summed E-state index contributed by atoms with van der Waals surface area (Å²) in [5.41, 5.74) is -2.81. The van der Waals surface area contributed by atoms with Crippen LogP contribution in [-0.4, -0.2) is 233 Å². The van der Waals surface area contributed by atoms with E-state index >= 15 is 19.2 Å². The highest BCUT2D eigenvalue weighted by Crippen LogP contribution is 2.43. The lowest BCUT2D eigenvalue weighted by molar-refractivity contribution is -0.280. The summed E-state index contributed by atoms with van der Waals surface area (Å²) in [4.78, 5) is 148. The van der Waals surface area contributed by atoms with Crippen molar-refractivity contribution in [3.63, 3.8) is 0 Å². The molecule has 34 nitrogen and oxygen atoms in total.